The van der Waals surface area contributed by atoms with Crippen LogP contribution in [-0.2, 0) is 9.53 Å². The van der Waals surface area contributed by atoms with Gasteiger partial charge in [-0.05, 0) is 25.3 Å². The predicted molar refractivity (Wildman–Crippen MR) is 54.2 cm³/mol. The van der Waals surface area contributed by atoms with E-state index >= 15 is 0 Å². The minimum Gasteiger partial charge on any atom is -0.435 e. The van der Waals surface area contributed by atoms with E-state index in [1.54, 1.807) is 0 Å². The zero-order valence-corrected chi connectivity index (χ0v) is 8.88. The van der Waals surface area contributed by atoms with Gasteiger partial charge in [0.2, 0.25) is 0 Å². The standard InChI is InChI=1S/C11H20O2/c1-4-6-7-8-9-13-11(12)10(3)5-2/h8-10H,4-7H2,1-3H3. The van der Waals surface area contributed by atoms with Crippen molar-refractivity contribution in [2.24, 2.45) is 5.92 Å². The van der Waals surface area contributed by atoms with E-state index in [1.165, 1.54) is 12.7 Å². The summed E-state index contributed by atoms with van der Waals surface area (Å²) in [6.45, 7) is 5.99. The molecule has 0 aromatic carbocycles. The molecule has 76 valence electrons. The minimum atomic E-state index is -0.129. The summed E-state index contributed by atoms with van der Waals surface area (Å²) in [6, 6.07) is 0. The molecule has 0 aromatic heterocycles. The molecule has 0 aliphatic rings. The van der Waals surface area contributed by atoms with Crippen LogP contribution in [0.25, 0.3) is 0 Å². The van der Waals surface area contributed by atoms with Crippen molar-refractivity contribution in [3.63, 3.8) is 0 Å². The first kappa shape index (κ1) is 12.2. The van der Waals surface area contributed by atoms with E-state index in [1.807, 2.05) is 19.9 Å². The monoisotopic (exact) mass is 184 g/mol. The molecule has 1 atom stereocenters. The van der Waals surface area contributed by atoms with Gasteiger partial charge in [0.1, 0.15) is 0 Å². The highest BCUT2D eigenvalue weighted by atomic mass is 16.5. The Hall–Kier alpha value is -0.790. The van der Waals surface area contributed by atoms with Crippen LogP contribution in [-0.4, -0.2) is 5.97 Å². The fourth-order valence-corrected chi connectivity index (χ4v) is 0.788. The van der Waals surface area contributed by atoms with Gasteiger partial charge >= 0.3 is 5.97 Å². The Bertz CT molecular complexity index is 161. The largest absolute Gasteiger partial charge is 0.435 e. The fourth-order valence-electron chi connectivity index (χ4n) is 0.788. The summed E-state index contributed by atoms with van der Waals surface area (Å²) in [5, 5.41) is 0. The van der Waals surface area contributed by atoms with Crippen molar-refractivity contribution in [2.45, 2.75) is 46.5 Å². The third-order valence-electron chi connectivity index (χ3n) is 2.02. The van der Waals surface area contributed by atoms with Gasteiger partial charge in [-0.25, -0.2) is 0 Å². The van der Waals surface area contributed by atoms with Gasteiger partial charge in [-0.1, -0.05) is 27.2 Å². The molecule has 0 rings (SSSR count). The number of esters is 1. The Labute approximate surface area is 81.0 Å². The maximum Gasteiger partial charge on any atom is 0.313 e. The van der Waals surface area contributed by atoms with Crippen molar-refractivity contribution in [1.29, 1.82) is 0 Å². The van der Waals surface area contributed by atoms with E-state index in [9.17, 15) is 4.79 Å². The summed E-state index contributed by atoms with van der Waals surface area (Å²) in [7, 11) is 0. The molecule has 0 radical (unpaired) electrons. The molecule has 0 aliphatic heterocycles. The van der Waals surface area contributed by atoms with Crippen molar-refractivity contribution in [3.05, 3.63) is 12.3 Å². The molecule has 0 aliphatic carbocycles. The fraction of sp³-hybridized carbons (Fsp3) is 0.727. The third-order valence-corrected chi connectivity index (χ3v) is 2.02. The van der Waals surface area contributed by atoms with Gasteiger partial charge in [-0.3, -0.25) is 4.79 Å². The Kier molecular flexibility index (Phi) is 7.36. The van der Waals surface area contributed by atoms with Gasteiger partial charge < -0.3 is 4.74 Å². The Morgan fingerprint density at radius 1 is 1.46 bits per heavy atom. The van der Waals surface area contributed by atoms with Crippen LogP contribution in [0, 0.1) is 5.92 Å². The quantitative estimate of drug-likeness (QED) is 0.360. The van der Waals surface area contributed by atoms with Gasteiger partial charge in [0.05, 0.1) is 12.2 Å². The second kappa shape index (κ2) is 7.84. The number of carbonyl (C=O) groups excluding carboxylic acids is 1. The lowest BCUT2D eigenvalue weighted by molar-refractivity contribution is -0.142. The average molecular weight is 184 g/mol. The van der Waals surface area contributed by atoms with Gasteiger partial charge in [-0.2, -0.15) is 0 Å². The van der Waals surface area contributed by atoms with Crippen LogP contribution >= 0.6 is 0 Å². The second-order valence-electron chi connectivity index (χ2n) is 3.26. The molecule has 0 aromatic rings. The maximum absolute atomic E-state index is 11.1. The molecule has 0 N–H and O–H groups in total. The van der Waals surface area contributed by atoms with Gasteiger partial charge in [0, 0.05) is 0 Å². The lowest BCUT2D eigenvalue weighted by Gasteiger charge is -2.04. The SMILES string of the molecule is CCCCC=COC(=O)C(C)CC. The van der Waals surface area contributed by atoms with Crippen LogP contribution in [0.2, 0.25) is 0 Å². The molecule has 0 saturated heterocycles. The smallest absolute Gasteiger partial charge is 0.313 e. The number of ether oxygens (including phenoxy) is 1. The van der Waals surface area contributed by atoms with Crippen molar-refractivity contribution in [1.82, 2.24) is 0 Å². The zero-order valence-electron chi connectivity index (χ0n) is 8.88. The first-order chi connectivity index (χ1) is 6.22. The van der Waals surface area contributed by atoms with Crippen molar-refractivity contribution in [3.8, 4) is 0 Å². The summed E-state index contributed by atoms with van der Waals surface area (Å²) < 4.78 is 4.92. The Morgan fingerprint density at radius 2 is 2.15 bits per heavy atom. The Balaban J connectivity index is 3.51. The molecular weight excluding hydrogens is 164 g/mol. The number of hydrogen-bond acceptors (Lipinski definition) is 2. The van der Waals surface area contributed by atoms with E-state index < -0.39 is 0 Å². The number of allylic oxidation sites excluding steroid dienone is 1. The summed E-state index contributed by atoms with van der Waals surface area (Å²) >= 11 is 0. The maximum atomic E-state index is 11.1. The molecule has 0 spiro atoms. The van der Waals surface area contributed by atoms with E-state index in [4.69, 9.17) is 4.74 Å². The summed E-state index contributed by atoms with van der Waals surface area (Å²) in [4.78, 5) is 11.1. The minimum absolute atomic E-state index is 0.0100. The number of carbonyl (C=O) groups is 1. The van der Waals surface area contributed by atoms with Crippen molar-refractivity contribution in [2.75, 3.05) is 0 Å². The molecule has 0 heterocycles. The first-order valence-electron chi connectivity index (χ1n) is 5.07. The second-order valence-corrected chi connectivity index (χ2v) is 3.26. The lowest BCUT2D eigenvalue weighted by atomic mass is 10.1. The molecule has 0 fully saturated rings. The summed E-state index contributed by atoms with van der Waals surface area (Å²) in [5.74, 6) is -0.119. The van der Waals surface area contributed by atoms with Crippen LogP contribution in [0.3, 0.4) is 0 Å². The molecule has 2 heteroatoms. The van der Waals surface area contributed by atoms with E-state index in [2.05, 4.69) is 6.92 Å². The number of unbranched alkanes of at least 4 members (excludes halogenated alkanes) is 2. The molecule has 0 bridgehead atoms. The molecular formula is C11H20O2. The van der Waals surface area contributed by atoms with Crippen molar-refractivity contribution >= 4 is 5.97 Å². The van der Waals surface area contributed by atoms with Gasteiger partial charge in [-0.15, -0.1) is 0 Å². The summed E-state index contributed by atoms with van der Waals surface area (Å²) in [5.41, 5.74) is 0. The molecule has 2 nitrogen and oxygen atoms in total. The van der Waals surface area contributed by atoms with E-state index in [-0.39, 0.29) is 11.9 Å². The third kappa shape index (κ3) is 6.38. The highest BCUT2D eigenvalue weighted by Crippen LogP contribution is 2.03. The van der Waals surface area contributed by atoms with Crippen LogP contribution in [0.5, 0.6) is 0 Å². The van der Waals surface area contributed by atoms with Crippen molar-refractivity contribution < 1.29 is 9.53 Å². The molecule has 0 saturated carbocycles. The average Bonchev–Trinajstić information content (AvgIpc) is 2.16. The normalized spacial score (nSPS) is 13.2. The highest BCUT2D eigenvalue weighted by molar-refractivity contribution is 5.72. The number of rotatable bonds is 6. The Morgan fingerprint density at radius 3 is 2.69 bits per heavy atom. The van der Waals surface area contributed by atoms with E-state index in [0.717, 1.165) is 19.3 Å². The van der Waals surface area contributed by atoms with Gasteiger partial charge in [0.25, 0.3) is 0 Å². The highest BCUT2D eigenvalue weighted by Gasteiger charge is 2.09. The van der Waals surface area contributed by atoms with Crippen LogP contribution < -0.4 is 0 Å². The molecule has 13 heavy (non-hydrogen) atoms. The zero-order chi connectivity index (χ0) is 10.1. The molecule has 1 unspecified atom stereocenters. The topological polar surface area (TPSA) is 26.3 Å². The molecule has 0 amide bonds. The van der Waals surface area contributed by atoms with Crippen LogP contribution in [0.4, 0.5) is 0 Å². The van der Waals surface area contributed by atoms with Crippen LogP contribution in [0.15, 0.2) is 12.3 Å². The van der Waals surface area contributed by atoms with Gasteiger partial charge in [0.15, 0.2) is 0 Å². The summed E-state index contributed by atoms with van der Waals surface area (Å²) in [6.07, 6.45) is 7.57. The predicted octanol–water partition coefficient (Wildman–Crippen LogP) is 3.28. The number of hydrogen-bond donors (Lipinski definition) is 0. The van der Waals surface area contributed by atoms with Crippen LogP contribution in [0.1, 0.15) is 46.5 Å². The lowest BCUT2D eigenvalue weighted by Crippen LogP contribution is -2.10. The van der Waals surface area contributed by atoms with E-state index in [0.29, 0.717) is 0 Å². The first-order valence-corrected chi connectivity index (χ1v) is 5.07.